The molecule has 0 aliphatic rings. The van der Waals surface area contributed by atoms with E-state index in [4.69, 9.17) is 9.47 Å². The third-order valence-electron chi connectivity index (χ3n) is 3.33. The Balaban J connectivity index is 2.36. The molecule has 112 valence electrons. The highest BCUT2D eigenvalue weighted by Gasteiger charge is 2.17. The summed E-state index contributed by atoms with van der Waals surface area (Å²) in [6.07, 6.45) is 0.152. The van der Waals surface area contributed by atoms with Crippen molar-refractivity contribution in [2.45, 2.75) is 26.0 Å². The van der Waals surface area contributed by atoms with Crippen molar-refractivity contribution >= 4 is 0 Å². The normalized spacial score (nSPS) is 12.2. The van der Waals surface area contributed by atoms with Crippen LogP contribution in [0.3, 0.4) is 0 Å². The van der Waals surface area contributed by atoms with Crippen LogP contribution in [0, 0.1) is 0 Å². The molecular formula is C18H23NO2. The summed E-state index contributed by atoms with van der Waals surface area (Å²) < 4.78 is 11.1. The molecular weight excluding hydrogens is 262 g/mol. The first-order valence-electron chi connectivity index (χ1n) is 7.22. The quantitative estimate of drug-likeness (QED) is 0.876. The number of hydrogen-bond acceptors (Lipinski definition) is 3. The van der Waals surface area contributed by atoms with Crippen molar-refractivity contribution < 1.29 is 9.47 Å². The number of para-hydroxylation sites is 1. The molecule has 3 nitrogen and oxygen atoms in total. The van der Waals surface area contributed by atoms with Crippen LogP contribution in [-0.4, -0.2) is 20.3 Å². The van der Waals surface area contributed by atoms with Crippen molar-refractivity contribution in [1.82, 2.24) is 5.32 Å². The van der Waals surface area contributed by atoms with Gasteiger partial charge in [-0.3, -0.25) is 0 Å². The van der Waals surface area contributed by atoms with E-state index >= 15 is 0 Å². The monoisotopic (exact) mass is 285 g/mol. The summed E-state index contributed by atoms with van der Waals surface area (Å²) in [6, 6.07) is 16.4. The van der Waals surface area contributed by atoms with E-state index in [0.29, 0.717) is 0 Å². The molecule has 0 spiro atoms. The number of benzene rings is 2. The lowest BCUT2D eigenvalue weighted by atomic mass is 9.98. The van der Waals surface area contributed by atoms with Crippen LogP contribution in [0.15, 0.2) is 48.5 Å². The second-order valence-electron chi connectivity index (χ2n) is 5.20. The van der Waals surface area contributed by atoms with E-state index in [2.05, 4.69) is 23.5 Å². The number of methoxy groups -OCH3 is 1. The maximum Gasteiger partial charge on any atom is 0.124 e. The zero-order valence-corrected chi connectivity index (χ0v) is 13.1. The molecule has 0 heterocycles. The molecule has 21 heavy (non-hydrogen) atoms. The molecule has 0 bridgehead atoms. The molecule has 1 atom stereocenters. The lowest BCUT2D eigenvalue weighted by molar-refractivity contribution is 0.238. The number of hydrogen-bond donors (Lipinski definition) is 1. The van der Waals surface area contributed by atoms with Crippen LogP contribution in [0.5, 0.6) is 11.5 Å². The van der Waals surface area contributed by atoms with Crippen LogP contribution >= 0.6 is 0 Å². The molecule has 1 unspecified atom stereocenters. The summed E-state index contributed by atoms with van der Waals surface area (Å²) in [5.41, 5.74) is 2.32. The predicted octanol–water partition coefficient (Wildman–Crippen LogP) is 3.79. The van der Waals surface area contributed by atoms with Crippen LogP contribution in [0.1, 0.15) is 31.0 Å². The Labute approximate surface area is 126 Å². The second-order valence-corrected chi connectivity index (χ2v) is 5.20. The van der Waals surface area contributed by atoms with E-state index in [1.807, 2.05) is 51.2 Å². The lowest BCUT2D eigenvalue weighted by Gasteiger charge is -2.22. The lowest BCUT2D eigenvalue weighted by Crippen LogP contribution is -2.19. The van der Waals surface area contributed by atoms with Gasteiger partial charge in [-0.25, -0.2) is 0 Å². The third-order valence-corrected chi connectivity index (χ3v) is 3.33. The maximum absolute atomic E-state index is 5.93. The summed E-state index contributed by atoms with van der Waals surface area (Å²) in [4.78, 5) is 0. The fourth-order valence-electron chi connectivity index (χ4n) is 2.38. The van der Waals surface area contributed by atoms with Crippen molar-refractivity contribution in [3.8, 4) is 11.5 Å². The molecule has 0 aliphatic carbocycles. The van der Waals surface area contributed by atoms with E-state index in [1.54, 1.807) is 7.11 Å². The van der Waals surface area contributed by atoms with Crippen LogP contribution in [-0.2, 0) is 0 Å². The van der Waals surface area contributed by atoms with Crippen molar-refractivity contribution in [1.29, 1.82) is 0 Å². The van der Waals surface area contributed by atoms with Gasteiger partial charge in [0.2, 0.25) is 0 Å². The van der Waals surface area contributed by atoms with E-state index in [1.165, 1.54) is 5.56 Å². The molecule has 0 aromatic heterocycles. The topological polar surface area (TPSA) is 30.5 Å². The van der Waals surface area contributed by atoms with Crippen LogP contribution < -0.4 is 14.8 Å². The van der Waals surface area contributed by atoms with Gasteiger partial charge in [0.1, 0.15) is 11.5 Å². The maximum atomic E-state index is 5.93. The average Bonchev–Trinajstić information content (AvgIpc) is 2.50. The Morgan fingerprint density at radius 1 is 0.952 bits per heavy atom. The van der Waals surface area contributed by atoms with Crippen molar-refractivity contribution in [3.05, 3.63) is 59.7 Å². The van der Waals surface area contributed by atoms with E-state index in [9.17, 15) is 0 Å². The van der Waals surface area contributed by atoms with Gasteiger partial charge in [0.15, 0.2) is 0 Å². The van der Waals surface area contributed by atoms with Gasteiger partial charge in [0.05, 0.1) is 19.3 Å². The molecule has 3 heteroatoms. The minimum atomic E-state index is 0.0888. The van der Waals surface area contributed by atoms with Gasteiger partial charge >= 0.3 is 0 Å². The fraction of sp³-hybridized carbons (Fsp3) is 0.333. The number of ether oxygens (including phenoxy) is 2. The Morgan fingerprint density at radius 3 is 2.19 bits per heavy atom. The zero-order chi connectivity index (χ0) is 15.2. The van der Waals surface area contributed by atoms with Gasteiger partial charge in [-0.1, -0.05) is 30.3 Å². The molecule has 0 amide bonds. The molecule has 2 aromatic rings. The minimum Gasteiger partial charge on any atom is -0.497 e. The fourth-order valence-corrected chi connectivity index (χ4v) is 2.38. The molecule has 1 N–H and O–H groups in total. The molecule has 0 saturated heterocycles. The van der Waals surface area contributed by atoms with E-state index in [0.717, 1.165) is 17.1 Å². The molecule has 0 radical (unpaired) electrons. The Morgan fingerprint density at radius 2 is 1.62 bits per heavy atom. The van der Waals surface area contributed by atoms with E-state index < -0.39 is 0 Å². The second kappa shape index (κ2) is 7.14. The van der Waals surface area contributed by atoms with Crippen molar-refractivity contribution in [2.75, 3.05) is 14.2 Å². The molecule has 2 aromatic carbocycles. The summed E-state index contributed by atoms with van der Waals surface area (Å²) in [6.45, 7) is 4.08. The smallest absolute Gasteiger partial charge is 0.124 e. The van der Waals surface area contributed by atoms with Gasteiger partial charge in [0.25, 0.3) is 0 Å². The van der Waals surface area contributed by atoms with Gasteiger partial charge in [-0.05, 0) is 44.7 Å². The Bertz CT molecular complexity index is 564. The van der Waals surface area contributed by atoms with E-state index in [-0.39, 0.29) is 12.1 Å². The standard InChI is InChI=1S/C18H23NO2/c1-13(2)21-17-8-6-5-7-16(17)18(19-3)14-9-11-15(20-4)12-10-14/h5-13,18-19H,1-4H3. The Kier molecular flexibility index (Phi) is 5.23. The molecule has 0 saturated carbocycles. The minimum absolute atomic E-state index is 0.0888. The summed E-state index contributed by atoms with van der Waals surface area (Å²) in [5, 5.41) is 3.36. The first-order chi connectivity index (χ1) is 10.2. The summed E-state index contributed by atoms with van der Waals surface area (Å²) in [7, 11) is 3.64. The number of rotatable bonds is 6. The first-order valence-corrected chi connectivity index (χ1v) is 7.22. The molecule has 0 aliphatic heterocycles. The first kappa shape index (κ1) is 15.4. The SMILES string of the molecule is CNC(c1ccc(OC)cc1)c1ccccc1OC(C)C. The van der Waals surface area contributed by atoms with Gasteiger partial charge in [0, 0.05) is 5.56 Å². The van der Waals surface area contributed by atoms with Crippen molar-refractivity contribution in [2.24, 2.45) is 0 Å². The highest BCUT2D eigenvalue weighted by atomic mass is 16.5. The highest BCUT2D eigenvalue weighted by molar-refractivity contribution is 5.42. The van der Waals surface area contributed by atoms with Crippen LogP contribution in [0.25, 0.3) is 0 Å². The summed E-state index contributed by atoms with van der Waals surface area (Å²) in [5.74, 6) is 1.78. The molecule has 2 rings (SSSR count). The zero-order valence-electron chi connectivity index (χ0n) is 13.1. The van der Waals surface area contributed by atoms with Crippen LogP contribution in [0.4, 0.5) is 0 Å². The van der Waals surface area contributed by atoms with Gasteiger partial charge in [-0.15, -0.1) is 0 Å². The van der Waals surface area contributed by atoms with Gasteiger partial charge in [-0.2, -0.15) is 0 Å². The van der Waals surface area contributed by atoms with Crippen molar-refractivity contribution in [3.63, 3.8) is 0 Å². The summed E-state index contributed by atoms with van der Waals surface area (Å²) >= 11 is 0. The highest BCUT2D eigenvalue weighted by Crippen LogP contribution is 2.31. The predicted molar refractivity (Wildman–Crippen MR) is 86.1 cm³/mol. The average molecular weight is 285 g/mol. The molecule has 0 fully saturated rings. The largest absolute Gasteiger partial charge is 0.497 e. The van der Waals surface area contributed by atoms with Gasteiger partial charge < -0.3 is 14.8 Å². The third kappa shape index (κ3) is 3.76. The Hall–Kier alpha value is -2.00. The number of nitrogens with one attached hydrogen (secondary N) is 1. The van der Waals surface area contributed by atoms with Crippen LogP contribution in [0.2, 0.25) is 0 Å².